The summed E-state index contributed by atoms with van der Waals surface area (Å²) in [5, 5.41) is 5.05. The van der Waals surface area contributed by atoms with Crippen LogP contribution >= 0.6 is 0 Å². The zero-order valence-corrected chi connectivity index (χ0v) is 27.7. The maximum Gasteiger partial charge on any atom is 0.114 e. The van der Waals surface area contributed by atoms with Crippen molar-refractivity contribution in [3.63, 3.8) is 0 Å². The van der Waals surface area contributed by atoms with Crippen LogP contribution < -0.4 is 4.90 Å². The number of nitrogens with zero attached hydrogens (tertiary/aromatic N) is 3. The number of imidazole rings is 1. The number of hydrogen-bond acceptors (Lipinski definition) is 2. The molecule has 0 aliphatic carbocycles. The Hall–Kier alpha value is -6.45. The third-order valence-electron chi connectivity index (χ3n) is 10.2. The lowest BCUT2D eigenvalue weighted by atomic mass is 9.85. The second-order valence-corrected chi connectivity index (χ2v) is 13.0. The van der Waals surface area contributed by atoms with Crippen LogP contribution in [0.5, 0.6) is 0 Å². The molecule has 1 aromatic heterocycles. The van der Waals surface area contributed by atoms with E-state index in [1.54, 1.807) is 0 Å². The Kier molecular flexibility index (Phi) is 6.47. The minimum Gasteiger partial charge on any atom is -0.306 e. The molecule has 3 nitrogen and oxygen atoms in total. The van der Waals surface area contributed by atoms with Crippen molar-refractivity contribution in [2.24, 2.45) is 0 Å². The molecule has 0 saturated carbocycles. The number of anilines is 3. The summed E-state index contributed by atoms with van der Waals surface area (Å²) in [7, 11) is 0. The summed E-state index contributed by atoms with van der Waals surface area (Å²) in [6.07, 6.45) is 0.845. The first kappa shape index (κ1) is 28.6. The zero-order valence-electron chi connectivity index (χ0n) is 27.7. The Morgan fingerprint density at radius 3 is 1.68 bits per heavy atom. The Balaban J connectivity index is 1.19. The van der Waals surface area contributed by atoms with Crippen molar-refractivity contribution in [3.05, 3.63) is 176 Å². The standard InChI is InChI=1S/C47H33N3/c1-2-44-48-40-25-14-26-42-47(40)50(44)43-30-33(27-28-41(43)49(42)35-19-7-4-8-20-35)32-17-13-18-34(29-32)46-38-23-11-9-21-36(38)45(31-15-5-3-6-16-31)37-22-10-12-24-39(37)46/h3-30H,2H2,1H3. The predicted octanol–water partition coefficient (Wildman–Crippen LogP) is 12.7. The number of para-hydroxylation sites is 2. The van der Waals surface area contributed by atoms with Crippen molar-refractivity contribution in [2.75, 3.05) is 4.90 Å². The van der Waals surface area contributed by atoms with Crippen LogP contribution in [0.1, 0.15) is 12.7 Å². The molecular formula is C47H33N3. The highest BCUT2D eigenvalue weighted by Gasteiger charge is 2.29. The van der Waals surface area contributed by atoms with E-state index >= 15 is 0 Å². The molecule has 0 atom stereocenters. The molecule has 3 heteroatoms. The van der Waals surface area contributed by atoms with Gasteiger partial charge in [-0.15, -0.1) is 0 Å². The molecule has 1 aliphatic rings. The first-order valence-electron chi connectivity index (χ1n) is 17.4. The number of rotatable bonds is 5. The lowest BCUT2D eigenvalue weighted by Gasteiger charge is -2.33. The second kappa shape index (κ2) is 11.3. The van der Waals surface area contributed by atoms with Crippen LogP contribution in [0, 0.1) is 0 Å². The lowest BCUT2D eigenvalue weighted by molar-refractivity contribution is 0.900. The molecular weight excluding hydrogens is 607 g/mol. The normalized spacial score (nSPS) is 12.1. The van der Waals surface area contributed by atoms with Gasteiger partial charge in [-0.3, -0.25) is 4.57 Å². The number of fused-ring (bicyclic) bond motifs is 4. The highest BCUT2D eigenvalue weighted by molar-refractivity contribution is 6.21. The van der Waals surface area contributed by atoms with Gasteiger partial charge < -0.3 is 4.90 Å². The van der Waals surface area contributed by atoms with Crippen molar-refractivity contribution in [1.29, 1.82) is 0 Å². The summed E-state index contributed by atoms with van der Waals surface area (Å²) in [5.74, 6) is 1.07. The molecule has 0 spiro atoms. The number of benzene rings is 8. The van der Waals surface area contributed by atoms with Gasteiger partial charge in [-0.1, -0.05) is 134 Å². The number of aryl methyl sites for hydroxylation is 1. The van der Waals surface area contributed by atoms with E-state index in [9.17, 15) is 0 Å². The van der Waals surface area contributed by atoms with Crippen LogP contribution in [-0.2, 0) is 6.42 Å². The largest absolute Gasteiger partial charge is 0.306 e. The van der Waals surface area contributed by atoms with Crippen LogP contribution in [0.15, 0.2) is 170 Å². The van der Waals surface area contributed by atoms with E-state index in [0.717, 1.165) is 46.0 Å². The van der Waals surface area contributed by atoms with Gasteiger partial charge in [0, 0.05) is 12.1 Å². The van der Waals surface area contributed by atoms with Crippen LogP contribution in [0.25, 0.3) is 71.6 Å². The second-order valence-electron chi connectivity index (χ2n) is 13.0. The van der Waals surface area contributed by atoms with Crippen molar-refractivity contribution in [1.82, 2.24) is 9.55 Å². The Bertz CT molecular complexity index is 2680. The molecule has 1 aliphatic heterocycles. The van der Waals surface area contributed by atoms with Crippen molar-refractivity contribution < 1.29 is 0 Å². The molecule has 0 fully saturated rings. The van der Waals surface area contributed by atoms with Gasteiger partial charge in [0.05, 0.1) is 28.1 Å². The average molecular weight is 640 g/mol. The van der Waals surface area contributed by atoms with E-state index in [4.69, 9.17) is 4.98 Å². The third-order valence-corrected chi connectivity index (χ3v) is 10.2. The average Bonchev–Trinajstić information content (AvgIpc) is 3.58. The van der Waals surface area contributed by atoms with Crippen LogP contribution in [0.2, 0.25) is 0 Å². The third kappa shape index (κ3) is 4.27. The highest BCUT2D eigenvalue weighted by Crippen LogP contribution is 2.49. The summed E-state index contributed by atoms with van der Waals surface area (Å²) >= 11 is 0. The van der Waals surface area contributed by atoms with Gasteiger partial charge in [0.15, 0.2) is 0 Å². The molecule has 2 heterocycles. The van der Waals surface area contributed by atoms with Gasteiger partial charge in [-0.25, -0.2) is 4.98 Å². The monoisotopic (exact) mass is 639 g/mol. The van der Waals surface area contributed by atoms with E-state index in [-0.39, 0.29) is 0 Å². The van der Waals surface area contributed by atoms with Gasteiger partial charge in [0.25, 0.3) is 0 Å². The van der Waals surface area contributed by atoms with Crippen LogP contribution in [0.4, 0.5) is 17.1 Å². The smallest absolute Gasteiger partial charge is 0.114 e. The fraction of sp³-hybridized carbons (Fsp3) is 0.0426. The van der Waals surface area contributed by atoms with Crippen LogP contribution in [-0.4, -0.2) is 9.55 Å². The maximum absolute atomic E-state index is 5.11. The molecule has 0 radical (unpaired) electrons. The highest BCUT2D eigenvalue weighted by atomic mass is 15.2. The fourth-order valence-electron chi connectivity index (χ4n) is 8.10. The summed E-state index contributed by atoms with van der Waals surface area (Å²) in [5.41, 5.74) is 14.1. The number of aromatic nitrogens is 2. The van der Waals surface area contributed by atoms with E-state index in [1.807, 2.05) is 0 Å². The van der Waals surface area contributed by atoms with Gasteiger partial charge in [-0.05, 0) is 97.4 Å². The molecule has 0 amide bonds. The van der Waals surface area contributed by atoms with E-state index in [2.05, 4.69) is 186 Å². The Morgan fingerprint density at radius 2 is 1.00 bits per heavy atom. The summed E-state index contributed by atoms with van der Waals surface area (Å²) in [4.78, 5) is 7.49. The van der Waals surface area contributed by atoms with Gasteiger partial charge in [-0.2, -0.15) is 0 Å². The minimum atomic E-state index is 0.845. The van der Waals surface area contributed by atoms with Crippen LogP contribution in [0.3, 0.4) is 0 Å². The molecule has 10 rings (SSSR count). The van der Waals surface area contributed by atoms with Gasteiger partial charge in [0.2, 0.25) is 0 Å². The van der Waals surface area contributed by atoms with Crippen molar-refractivity contribution in [2.45, 2.75) is 13.3 Å². The molecule has 0 N–H and O–H groups in total. The predicted molar refractivity (Wildman–Crippen MR) is 210 cm³/mol. The van der Waals surface area contributed by atoms with E-state index < -0.39 is 0 Å². The van der Waals surface area contributed by atoms with Gasteiger partial charge >= 0.3 is 0 Å². The molecule has 0 bridgehead atoms. The Morgan fingerprint density at radius 1 is 0.440 bits per heavy atom. The molecule has 9 aromatic rings. The van der Waals surface area contributed by atoms with E-state index in [0.29, 0.717) is 0 Å². The molecule has 236 valence electrons. The van der Waals surface area contributed by atoms with Crippen molar-refractivity contribution >= 4 is 49.6 Å². The molecule has 0 unspecified atom stereocenters. The maximum atomic E-state index is 5.11. The van der Waals surface area contributed by atoms with Crippen molar-refractivity contribution in [3.8, 4) is 39.1 Å². The molecule has 0 saturated heterocycles. The lowest BCUT2D eigenvalue weighted by Crippen LogP contribution is -2.19. The summed E-state index contributed by atoms with van der Waals surface area (Å²) in [6, 6.07) is 61.7. The van der Waals surface area contributed by atoms with Gasteiger partial charge in [0.1, 0.15) is 5.82 Å². The minimum absolute atomic E-state index is 0.845. The molecule has 50 heavy (non-hydrogen) atoms. The first-order chi connectivity index (χ1) is 24.8. The number of hydrogen-bond donors (Lipinski definition) is 0. The fourth-order valence-corrected chi connectivity index (χ4v) is 8.10. The Labute approximate surface area is 291 Å². The zero-order chi connectivity index (χ0) is 33.2. The van der Waals surface area contributed by atoms with E-state index in [1.165, 1.54) is 54.9 Å². The first-order valence-corrected chi connectivity index (χ1v) is 17.4. The topological polar surface area (TPSA) is 21.1 Å². The summed E-state index contributed by atoms with van der Waals surface area (Å²) < 4.78 is 2.39. The quantitative estimate of drug-likeness (QED) is 0.175. The summed E-state index contributed by atoms with van der Waals surface area (Å²) in [6.45, 7) is 2.19. The SMILES string of the molecule is CCc1nc2cccc3c2n1-c1cc(-c2cccc(-c4c5ccccc5c(-c5ccccc5)c5ccccc45)c2)ccc1N3c1ccccc1. The molecule has 8 aromatic carbocycles.